The SMILES string of the molecule is CCNC(Cc1nccn1CC)c1cccc(Br)c1. The van der Waals surface area contributed by atoms with Crippen molar-refractivity contribution in [3.63, 3.8) is 0 Å². The number of halogens is 1. The Balaban J connectivity index is 2.21. The van der Waals surface area contributed by atoms with Crippen LogP contribution in [0.2, 0.25) is 0 Å². The monoisotopic (exact) mass is 321 g/mol. The molecule has 0 spiro atoms. The summed E-state index contributed by atoms with van der Waals surface area (Å²) in [5.41, 5.74) is 1.29. The molecule has 1 aromatic heterocycles. The molecule has 1 unspecified atom stereocenters. The van der Waals surface area contributed by atoms with Gasteiger partial charge >= 0.3 is 0 Å². The van der Waals surface area contributed by atoms with E-state index in [2.05, 4.69) is 68.9 Å². The van der Waals surface area contributed by atoms with Crippen LogP contribution in [0.5, 0.6) is 0 Å². The highest BCUT2D eigenvalue weighted by Crippen LogP contribution is 2.21. The molecule has 0 saturated heterocycles. The van der Waals surface area contributed by atoms with Gasteiger partial charge in [0, 0.05) is 35.9 Å². The van der Waals surface area contributed by atoms with Crippen molar-refractivity contribution in [1.29, 1.82) is 0 Å². The van der Waals surface area contributed by atoms with Crippen LogP contribution in [-0.4, -0.2) is 16.1 Å². The third-order valence-electron chi connectivity index (χ3n) is 3.23. The molecule has 2 aromatic rings. The smallest absolute Gasteiger partial charge is 0.110 e. The van der Waals surface area contributed by atoms with Gasteiger partial charge in [0.25, 0.3) is 0 Å². The lowest BCUT2D eigenvalue weighted by Gasteiger charge is -2.19. The van der Waals surface area contributed by atoms with E-state index < -0.39 is 0 Å². The lowest BCUT2D eigenvalue weighted by molar-refractivity contribution is 0.522. The zero-order chi connectivity index (χ0) is 13.7. The molecule has 1 aromatic carbocycles. The molecule has 0 aliphatic rings. The fourth-order valence-electron chi connectivity index (χ4n) is 2.28. The summed E-state index contributed by atoms with van der Waals surface area (Å²) in [5.74, 6) is 1.13. The quantitative estimate of drug-likeness (QED) is 0.881. The first-order chi connectivity index (χ1) is 9.24. The van der Waals surface area contributed by atoms with Crippen LogP contribution in [0.25, 0.3) is 0 Å². The van der Waals surface area contributed by atoms with E-state index in [1.807, 2.05) is 12.4 Å². The summed E-state index contributed by atoms with van der Waals surface area (Å²) in [7, 11) is 0. The molecular weight excluding hydrogens is 302 g/mol. The Bertz CT molecular complexity index is 522. The van der Waals surface area contributed by atoms with Crippen LogP contribution >= 0.6 is 15.9 Å². The molecule has 0 aliphatic carbocycles. The van der Waals surface area contributed by atoms with Crippen LogP contribution in [-0.2, 0) is 13.0 Å². The van der Waals surface area contributed by atoms with Gasteiger partial charge in [0.1, 0.15) is 5.82 Å². The van der Waals surface area contributed by atoms with Gasteiger partial charge in [-0.2, -0.15) is 0 Å². The highest BCUT2D eigenvalue weighted by Gasteiger charge is 2.14. The van der Waals surface area contributed by atoms with E-state index >= 15 is 0 Å². The summed E-state index contributed by atoms with van der Waals surface area (Å²) in [4.78, 5) is 4.47. The van der Waals surface area contributed by atoms with E-state index in [-0.39, 0.29) is 0 Å². The molecule has 2 rings (SSSR count). The number of aryl methyl sites for hydroxylation is 1. The summed E-state index contributed by atoms with van der Waals surface area (Å²) < 4.78 is 3.31. The van der Waals surface area contributed by atoms with Gasteiger partial charge in [0.15, 0.2) is 0 Å². The topological polar surface area (TPSA) is 29.9 Å². The number of hydrogen-bond donors (Lipinski definition) is 1. The Hall–Kier alpha value is -1.13. The van der Waals surface area contributed by atoms with Crippen molar-refractivity contribution in [2.45, 2.75) is 32.9 Å². The van der Waals surface area contributed by atoms with E-state index in [0.717, 1.165) is 29.8 Å². The third kappa shape index (κ3) is 3.67. The number of hydrogen-bond acceptors (Lipinski definition) is 2. The van der Waals surface area contributed by atoms with Crippen molar-refractivity contribution >= 4 is 15.9 Å². The van der Waals surface area contributed by atoms with E-state index in [4.69, 9.17) is 0 Å². The van der Waals surface area contributed by atoms with E-state index in [1.165, 1.54) is 5.56 Å². The molecule has 102 valence electrons. The molecule has 0 aliphatic heterocycles. The predicted molar refractivity (Wildman–Crippen MR) is 82.2 cm³/mol. The summed E-state index contributed by atoms with van der Waals surface area (Å²) >= 11 is 3.54. The summed E-state index contributed by atoms with van der Waals surface area (Å²) in [6.45, 7) is 6.19. The Kier molecular flexibility index (Phi) is 5.16. The number of likely N-dealkylation sites (N-methyl/N-ethyl adjacent to an activating group) is 1. The van der Waals surface area contributed by atoms with E-state index in [9.17, 15) is 0 Å². The second-order valence-corrected chi connectivity index (χ2v) is 5.41. The summed E-state index contributed by atoms with van der Waals surface area (Å²) in [6, 6.07) is 8.77. The Morgan fingerprint density at radius 1 is 1.37 bits per heavy atom. The van der Waals surface area contributed by atoms with Crippen LogP contribution in [0.1, 0.15) is 31.3 Å². The molecule has 3 nitrogen and oxygen atoms in total. The highest BCUT2D eigenvalue weighted by molar-refractivity contribution is 9.10. The maximum Gasteiger partial charge on any atom is 0.110 e. The molecule has 0 fully saturated rings. The van der Waals surface area contributed by atoms with Crippen molar-refractivity contribution in [2.24, 2.45) is 0 Å². The molecular formula is C15H20BrN3. The highest BCUT2D eigenvalue weighted by atomic mass is 79.9. The van der Waals surface area contributed by atoms with Crippen LogP contribution in [0.3, 0.4) is 0 Å². The molecule has 0 amide bonds. The molecule has 0 bridgehead atoms. The number of benzene rings is 1. The number of aromatic nitrogens is 2. The predicted octanol–water partition coefficient (Wildman–Crippen LogP) is 3.56. The van der Waals surface area contributed by atoms with E-state index in [0.29, 0.717) is 6.04 Å². The normalized spacial score (nSPS) is 12.6. The van der Waals surface area contributed by atoms with E-state index in [1.54, 1.807) is 0 Å². The van der Waals surface area contributed by atoms with Crippen LogP contribution < -0.4 is 5.32 Å². The number of rotatable bonds is 6. The van der Waals surface area contributed by atoms with Gasteiger partial charge in [-0.3, -0.25) is 0 Å². The largest absolute Gasteiger partial charge is 0.335 e. The van der Waals surface area contributed by atoms with Crippen molar-refractivity contribution in [1.82, 2.24) is 14.9 Å². The second kappa shape index (κ2) is 6.87. The van der Waals surface area contributed by atoms with Crippen LogP contribution in [0.15, 0.2) is 41.1 Å². The molecule has 0 radical (unpaired) electrons. The van der Waals surface area contributed by atoms with Crippen molar-refractivity contribution < 1.29 is 0 Å². The standard InChI is InChI=1S/C15H20BrN3/c1-3-17-14(12-6-5-7-13(16)10-12)11-15-18-8-9-19(15)4-2/h5-10,14,17H,3-4,11H2,1-2H3. The lowest BCUT2D eigenvalue weighted by Crippen LogP contribution is -2.24. The fraction of sp³-hybridized carbons (Fsp3) is 0.400. The molecule has 0 saturated carbocycles. The van der Waals surface area contributed by atoms with Gasteiger partial charge in [-0.15, -0.1) is 0 Å². The fourth-order valence-corrected chi connectivity index (χ4v) is 2.70. The van der Waals surface area contributed by atoms with Gasteiger partial charge < -0.3 is 9.88 Å². The Morgan fingerprint density at radius 3 is 2.89 bits per heavy atom. The van der Waals surface area contributed by atoms with Gasteiger partial charge in [0.2, 0.25) is 0 Å². The third-order valence-corrected chi connectivity index (χ3v) is 3.72. The molecule has 1 N–H and O–H groups in total. The Morgan fingerprint density at radius 2 is 2.21 bits per heavy atom. The number of nitrogens with one attached hydrogen (secondary N) is 1. The van der Waals surface area contributed by atoms with Gasteiger partial charge in [-0.25, -0.2) is 4.98 Å². The molecule has 1 atom stereocenters. The van der Waals surface area contributed by atoms with Gasteiger partial charge in [0.05, 0.1) is 0 Å². The summed E-state index contributed by atoms with van der Waals surface area (Å²) in [6.07, 6.45) is 4.83. The van der Waals surface area contributed by atoms with Crippen molar-refractivity contribution in [3.8, 4) is 0 Å². The van der Waals surface area contributed by atoms with Crippen LogP contribution in [0, 0.1) is 0 Å². The minimum Gasteiger partial charge on any atom is -0.335 e. The van der Waals surface area contributed by atoms with Crippen molar-refractivity contribution in [2.75, 3.05) is 6.54 Å². The zero-order valence-corrected chi connectivity index (χ0v) is 13.0. The first-order valence-corrected chi connectivity index (χ1v) is 7.52. The van der Waals surface area contributed by atoms with Crippen molar-refractivity contribution in [3.05, 3.63) is 52.5 Å². The lowest BCUT2D eigenvalue weighted by atomic mass is 10.0. The average molecular weight is 322 g/mol. The van der Waals surface area contributed by atoms with Crippen LogP contribution in [0.4, 0.5) is 0 Å². The Labute approximate surface area is 123 Å². The zero-order valence-electron chi connectivity index (χ0n) is 11.4. The molecule has 19 heavy (non-hydrogen) atoms. The number of nitrogens with zero attached hydrogens (tertiary/aromatic N) is 2. The molecule has 1 heterocycles. The maximum atomic E-state index is 4.47. The second-order valence-electron chi connectivity index (χ2n) is 4.50. The van der Waals surface area contributed by atoms with Gasteiger partial charge in [-0.05, 0) is 31.2 Å². The first kappa shape index (κ1) is 14.3. The minimum atomic E-state index is 0.301. The first-order valence-electron chi connectivity index (χ1n) is 6.73. The maximum absolute atomic E-state index is 4.47. The number of imidazole rings is 1. The van der Waals surface area contributed by atoms with Gasteiger partial charge in [-0.1, -0.05) is 35.0 Å². The average Bonchev–Trinajstić information content (AvgIpc) is 2.85. The summed E-state index contributed by atoms with van der Waals surface area (Å²) in [5, 5.41) is 3.54. The molecule has 4 heteroatoms. The minimum absolute atomic E-state index is 0.301.